The van der Waals surface area contributed by atoms with Gasteiger partial charge in [0.05, 0.1) is 20.8 Å². The van der Waals surface area contributed by atoms with Crippen LogP contribution in [0.3, 0.4) is 0 Å². The van der Waals surface area contributed by atoms with Crippen LogP contribution in [0.5, 0.6) is 11.5 Å². The predicted octanol–water partition coefficient (Wildman–Crippen LogP) is 2.67. The highest BCUT2D eigenvalue weighted by Gasteiger charge is 2.08. The maximum absolute atomic E-state index is 11.4. The van der Waals surface area contributed by atoms with Crippen molar-refractivity contribution in [1.82, 2.24) is 0 Å². The Morgan fingerprint density at radius 1 is 1.28 bits per heavy atom. The molecule has 0 saturated heterocycles. The summed E-state index contributed by atoms with van der Waals surface area (Å²) in [6.07, 6.45) is 1.45. The third-order valence-corrected chi connectivity index (χ3v) is 2.45. The van der Waals surface area contributed by atoms with Crippen LogP contribution in [0.4, 0.5) is 0 Å². The molecule has 0 aliphatic rings. The quantitative estimate of drug-likeness (QED) is 0.595. The van der Waals surface area contributed by atoms with E-state index in [9.17, 15) is 4.79 Å². The van der Waals surface area contributed by atoms with E-state index in [-0.39, 0.29) is 5.97 Å². The van der Waals surface area contributed by atoms with E-state index in [4.69, 9.17) is 14.2 Å². The lowest BCUT2D eigenvalue weighted by atomic mass is 10.1. The normalized spacial score (nSPS) is 11.0. The van der Waals surface area contributed by atoms with Gasteiger partial charge in [0.1, 0.15) is 11.5 Å². The van der Waals surface area contributed by atoms with Crippen molar-refractivity contribution < 1.29 is 19.0 Å². The van der Waals surface area contributed by atoms with Crippen LogP contribution in [-0.4, -0.2) is 26.8 Å². The Kier molecular flexibility index (Phi) is 5.24. The summed E-state index contributed by atoms with van der Waals surface area (Å²) in [4.78, 5) is 11.4. The van der Waals surface area contributed by atoms with Crippen LogP contribution in [0.15, 0.2) is 24.3 Å². The summed E-state index contributed by atoms with van der Waals surface area (Å²) in [7, 11) is 3.18. The van der Waals surface area contributed by atoms with Gasteiger partial charge in [0.15, 0.2) is 0 Å². The second kappa shape index (κ2) is 6.69. The smallest absolute Gasteiger partial charge is 0.331 e. The van der Waals surface area contributed by atoms with Crippen molar-refractivity contribution in [2.45, 2.75) is 13.8 Å². The summed E-state index contributed by atoms with van der Waals surface area (Å²) in [5, 5.41) is 0. The average molecular weight is 250 g/mol. The minimum atomic E-state index is -0.361. The molecule has 1 rings (SSSR count). The van der Waals surface area contributed by atoms with Crippen LogP contribution in [-0.2, 0) is 9.53 Å². The van der Waals surface area contributed by atoms with E-state index in [1.165, 1.54) is 6.08 Å². The fourth-order valence-corrected chi connectivity index (χ4v) is 1.56. The third-order valence-electron chi connectivity index (χ3n) is 2.45. The Morgan fingerprint density at radius 2 is 2.00 bits per heavy atom. The van der Waals surface area contributed by atoms with E-state index in [0.29, 0.717) is 18.1 Å². The molecule has 0 aliphatic carbocycles. The minimum Gasteiger partial charge on any atom is -0.497 e. The summed E-state index contributed by atoms with van der Waals surface area (Å²) in [5.74, 6) is 1.04. The van der Waals surface area contributed by atoms with Crippen molar-refractivity contribution >= 4 is 11.5 Å². The maximum atomic E-state index is 11.4. The number of ether oxygens (including phenoxy) is 3. The van der Waals surface area contributed by atoms with Crippen LogP contribution < -0.4 is 9.47 Å². The topological polar surface area (TPSA) is 44.8 Å². The molecule has 0 spiro atoms. The summed E-state index contributed by atoms with van der Waals surface area (Å²) in [6, 6.07) is 5.43. The van der Waals surface area contributed by atoms with Crippen LogP contribution in [0.1, 0.15) is 19.4 Å². The van der Waals surface area contributed by atoms with Gasteiger partial charge in [-0.2, -0.15) is 0 Å². The second-order valence-electron chi connectivity index (χ2n) is 3.65. The van der Waals surface area contributed by atoms with E-state index in [0.717, 1.165) is 11.1 Å². The van der Waals surface area contributed by atoms with Gasteiger partial charge in [0.25, 0.3) is 0 Å². The molecule has 0 heterocycles. The number of methoxy groups -OCH3 is 2. The van der Waals surface area contributed by atoms with Gasteiger partial charge in [-0.1, -0.05) is 0 Å². The van der Waals surface area contributed by atoms with Crippen molar-refractivity contribution in [3.63, 3.8) is 0 Å². The van der Waals surface area contributed by atoms with Gasteiger partial charge in [-0.05, 0) is 37.6 Å². The monoisotopic (exact) mass is 250 g/mol. The molecule has 98 valence electrons. The number of allylic oxidation sites excluding steroid dienone is 1. The highest BCUT2D eigenvalue weighted by atomic mass is 16.5. The fraction of sp³-hybridized carbons (Fsp3) is 0.357. The molecular weight excluding hydrogens is 232 g/mol. The van der Waals surface area contributed by atoms with Gasteiger partial charge < -0.3 is 14.2 Å². The molecule has 4 heteroatoms. The van der Waals surface area contributed by atoms with Gasteiger partial charge in [-0.15, -0.1) is 0 Å². The molecule has 0 amide bonds. The average Bonchev–Trinajstić information content (AvgIpc) is 2.38. The molecule has 18 heavy (non-hydrogen) atoms. The largest absolute Gasteiger partial charge is 0.497 e. The third kappa shape index (κ3) is 3.52. The molecule has 0 bridgehead atoms. The van der Waals surface area contributed by atoms with Crippen molar-refractivity contribution in [3.05, 3.63) is 29.8 Å². The highest BCUT2D eigenvalue weighted by molar-refractivity contribution is 5.91. The molecule has 1 aromatic carbocycles. The Labute approximate surface area is 107 Å². The van der Waals surface area contributed by atoms with Crippen LogP contribution in [0.2, 0.25) is 0 Å². The molecule has 0 radical (unpaired) electrons. The van der Waals surface area contributed by atoms with E-state index in [2.05, 4.69) is 0 Å². The second-order valence-corrected chi connectivity index (χ2v) is 3.65. The summed E-state index contributed by atoms with van der Waals surface area (Å²) in [6.45, 7) is 3.96. The molecule has 0 aliphatic heterocycles. The number of carbonyl (C=O) groups is 1. The number of hydrogen-bond donors (Lipinski definition) is 0. The lowest BCUT2D eigenvalue weighted by Gasteiger charge is -2.10. The van der Waals surface area contributed by atoms with Crippen LogP contribution in [0, 0.1) is 0 Å². The first-order chi connectivity index (χ1) is 8.62. The van der Waals surface area contributed by atoms with E-state index >= 15 is 0 Å². The first-order valence-electron chi connectivity index (χ1n) is 5.69. The van der Waals surface area contributed by atoms with E-state index < -0.39 is 0 Å². The Balaban J connectivity index is 3.09. The first kappa shape index (κ1) is 14.1. The molecule has 0 atom stereocenters. The number of carbonyl (C=O) groups excluding carboxylic acids is 1. The van der Waals surface area contributed by atoms with Gasteiger partial charge in [0, 0.05) is 11.6 Å². The Morgan fingerprint density at radius 3 is 2.56 bits per heavy atom. The predicted molar refractivity (Wildman–Crippen MR) is 69.8 cm³/mol. The van der Waals surface area contributed by atoms with Crippen molar-refractivity contribution in [2.75, 3.05) is 20.8 Å². The number of esters is 1. The lowest BCUT2D eigenvalue weighted by Crippen LogP contribution is -2.01. The standard InChI is InChI=1S/C14H18O4/c1-5-18-14(15)8-10(2)12-9-11(16-3)6-7-13(12)17-4/h6-9H,5H2,1-4H3. The number of rotatable bonds is 5. The number of hydrogen-bond acceptors (Lipinski definition) is 4. The minimum absolute atomic E-state index is 0.359. The Bertz CT molecular complexity index is 449. The van der Waals surface area contributed by atoms with Crippen molar-refractivity contribution in [3.8, 4) is 11.5 Å². The van der Waals surface area contributed by atoms with Crippen molar-refractivity contribution in [2.24, 2.45) is 0 Å². The molecule has 0 unspecified atom stereocenters. The molecule has 0 fully saturated rings. The van der Waals surface area contributed by atoms with E-state index in [1.807, 2.05) is 13.0 Å². The first-order valence-corrected chi connectivity index (χ1v) is 5.69. The summed E-state index contributed by atoms with van der Waals surface area (Å²) >= 11 is 0. The molecule has 0 N–H and O–H groups in total. The van der Waals surface area contributed by atoms with Gasteiger partial charge >= 0.3 is 5.97 Å². The summed E-state index contributed by atoms with van der Waals surface area (Å²) in [5.41, 5.74) is 1.58. The summed E-state index contributed by atoms with van der Waals surface area (Å²) < 4.78 is 15.3. The SMILES string of the molecule is CCOC(=O)C=C(C)c1cc(OC)ccc1OC. The molecular formula is C14H18O4. The zero-order valence-corrected chi connectivity index (χ0v) is 11.1. The highest BCUT2D eigenvalue weighted by Crippen LogP contribution is 2.29. The van der Waals surface area contributed by atoms with Gasteiger partial charge in [0.2, 0.25) is 0 Å². The molecule has 0 aromatic heterocycles. The molecule has 0 saturated carbocycles. The van der Waals surface area contributed by atoms with Crippen molar-refractivity contribution in [1.29, 1.82) is 0 Å². The fourth-order valence-electron chi connectivity index (χ4n) is 1.56. The zero-order chi connectivity index (χ0) is 13.5. The van der Waals surface area contributed by atoms with Crippen LogP contribution >= 0.6 is 0 Å². The van der Waals surface area contributed by atoms with Gasteiger partial charge in [-0.25, -0.2) is 4.79 Å². The zero-order valence-electron chi connectivity index (χ0n) is 11.1. The number of benzene rings is 1. The lowest BCUT2D eigenvalue weighted by molar-refractivity contribution is -0.137. The van der Waals surface area contributed by atoms with Gasteiger partial charge in [-0.3, -0.25) is 0 Å². The van der Waals surface area contributed by atoms with Crippen LogP contribution in [0.25, 0.3) is 5.57 Å². The maximum Gasteiger partial charge on any atom is 0.331 e. The molecule has 1 aromatic rings. The molecule has 4 nitrogen and oxygen atoms in total. The Hall–Kier alpha value is -1.97. The van der Waals surface area contributed by atoms with E-state index in [1.54, 1.807) is 33.3 Å².